The van der Waals surface area contributed by atoms with Gasteiger partial charge in [0.2, 0.25) is 11.8 Å². The number of methoxy groups -OCH3 is 1. The first-order valence-corrected chi connectivity index (χ1v) is 10.0. The second-order valence-electron chi connectivity index (χ2n) is 7.58. The van der Waals surface area contributed by atoms with Crippen LogP contribution in [0, 0.1) is 0 Å². The zero-order chi connectivity index (χ0) is 19.3. The summed E-state index contributed by atoms with van der Waals surface area (Å²) in [6.07, 6.45) is 4.17. The largest absolute Gasteiger partial charge is 0.497 e. The predicted molar refractivity (Wildman–Crippen MR) is 102 cm³/mol. The highest BCUT2D eigenvalue weighted by molar-refractivity contribution is 5.79. The first-order chi connectivity index (χ1) is 13.7. The van der Waals surface area contributed by atoms with E-state index in [0.717, 1.165) is 62.6 Å². The third-order valence-corrected chi connectivity index (χ3v) is 5.66. The second-order valence-corrected chi connectivity index (χ2v) is 7.58. The van der Waals surface area contributed by atoms with Gasteiger partial charge in [0.15, 0.2) is 5.82 Å². The minimum atomic E-state index is 0.115. The summed E-state index contributed by atoms with van der Waals surface area (Å²) in [5.74, 6) is 2.79. The van der Waals surface area contributed by atoms with Gasteiger partial charge in [0, 0.05) is 32.2 Å². The number of aromatic nitrogens is 2. The number of ether oxygens (including phenoxy) is 2. The van der Waals surface area contributed by atoms with Gasteiger partial charge in [-0.1, -0.05) is 17.3 Å². The van der Waals surface area contributed by atoms with E-state index in [1.807, 2.05) is 29.2 Å². The van der Waals surface area contributed by atoms with Crippen molar-refractivity contribution in [1.82, 2.24) is 15.0 Å². The van der Waals surface area contributed by atoms with Crippen LogP contribution >= 0.6 is 0 Å². The van der Waals surface area contributed by atoms with Crippen molar-refractivity contribution in [2.24, 2.45) is 0 Å². The van der Waals surface area contributed by atoms with Crippen molar-refractivity contribution in [1.29, 1.82) is 0 Å². The van der Waals surface area contributed by atoms with E-state index < -0.39 is 0 Å². The molecule has 0 N–H and O–H groups in total. The maximum absolute atomic E-state index is 12.8. The number of carbonyl (C=O) groups excluding carboxylic acids is 1. The maximum atomic E-state index is 12.8. The Hall–Kier alpha value is -2.41. The van der Waals surface area contributed by atoms with E-state index in [0.29, 0.717) is 24.8 Å². The molecule has 1 unspecified atom stereocenters. The van der Waals surface area contributed by atoms with E-state index in [9.17, 15) is 4.79 Å². The Labute approximate surface area is 165 Å². The molecule has 0 bridgehead atoms. The average molecular weight is 385 g/mol. The van der Waals surface area contributed by atoms with Gasteiger partial charge in [-0.25, -0.2) is 0 Å². The summed E-state index contributed by atoms with van der Waals surface area (Å²) in [6, 6.07) is 7.67. The predicted octanol–water partition coefficient (Wildman–Crippen LogP) is 2.92. The number of likely N-dealkylation sites (tertiary alicyclic amines) is 1. The molecule has 3 heterocycles. The van der Waals surface area contributed by atoms with Crippen molar-refractivity contribution in [3.63, 3.8) is 0 Å². The molecule has 1 atom stereocenters. The van der Waals surface area contributed by atoms with Gasteiger partial charge in [0.1, 0.15) is 5.75 Å². The molecular formula is C21H27N3O4. The van der Waals surface area contributed by atoms with Crippen LogP contribution in [0.1, 0.15) is 54.8 Å². The molecule has 4 rings (SSSR count). The zero-order valence-corrected chi connectivity index (χ0v) is 16.3. The van der Waals surface area contributed by atoms with E-state index in [4.69, 9.17) is 14.0 Å². The summed E-state index contributed by atoms with van der Waals surface area (Å²) in [5.41, 5.74) is 0.964. The maximum Gasteiger partial charge on any atom is 0.231 e. The monoisotopic (exact) mass is 385 g/mol. The minimum absolute atomic E-state index is 0.115. The van der Waals surface area contributed by atoms with Crippen LogP contribution in [0.5, 0.6) is 5.75 Å². The van der Waals surface area contributed by atoms with Crippen LogP contribution in [0.25, 0.3) is 0 Å². The van der Waals surface area contributed by atoms with Crippen molar-refractivity contribution in [2.75, 3.05) is 33.4 Å². The molecule has 0 aliphatic carbocycles. The van der Waals surface area contributed by atoms with E-state index in [1.54, 1.807) is 7.11 Å². The Morgan fingerprint density at radius 3 is 2.93 bits per heavy atom. The molecule has 0 spiro atoms. The fourth-order valence-electron chi connectivity index (χ4n) is 4.01. The molecule has 7 nitrogen and oxygen atoms in total. The van der Waals surface area contributed by atoms with Gasteiger partial charge in [0.25, 0.3) is 0 Å². The van der Waals surface area contributed by atoms with Crippen molar-refractivity contribution in [3.05, 3.63) is 41.5 Å². The number of nitrogens with zero attached hydrogens (tertiary/aromatic N) is 3. The summed E-state index contributed by atoms with van der Waals surface area (Å²) in [5, 5.41) is 4.21. The molecule has 150 valence electrons. The number of carbonyl (C=O) groups is 1. The molecule has 2 aliphatic heterocycles. The van der Waals surface area contributed by atoms with E-state index in [2.05, 4.69) is 10.1 Å². The summed E-state index contributed by atoms with van der Waals surface area (Å²) < 4.78 is 16.2. The zero-order valence-electron chi connectivity index (χ0n) is 16.3. The highest BCUT2D eigenvalue weighted by Gasteiger charge is 2.30. The van der Waals surface area contributed by atoms with E-state index in [-0.39, 0.29) is 11.8 Å². The van der Waals surface area contributed by atoms with Gasteiger partial charge >= 0.3 is 0 Å². The minimum Gasteiger partial charge on any atom is -0.497 e. The molecule has 0 radical (unpaired) electrons. The van der Waals surface area contributed by atoms with E-state index in [1.165, 1.54) is 0 Å². The fraction of sp³-hybridized carbons (Fsp3) is 0.571. The highest BCUT2D eigenvalue weighted by Crippen LogP contribution is 2.30. The average Bonchev–Trinajstić information content (AvgIpc) is 3.25. The van der Waals surface area contributed by atoms with Crippen molar-refractivity contribution in [2.45, 2.75) is 43.9 Å². The van der Waals surface area contributed by atoms with Gasteiger partial charge in [-0.2, -0.15) is 4.98 Å². The van der Waals surface area contributed by atoms with Gasteiger partial charge in [-0.05, 0) is 43.4 Å². The van der Waals surface area contributed by atoms with Gasteiger partial charge < -0.3 is 18.9 Å². The smallest absolute Gasteiger partial charge is 0.231 e. The Kier molecular flexibility index (Phi) is 5.90. The summed E-state index contributed by atoms with van der Waals surface area (Å²) in [4.78, 5) is 19.4. The third-order valence-electron chi connectivity index (χ3n) is 5.66. The number of benzene rings is 1. The van der Waals surface area contributed by atoms with Crippen LogP contribution in [0.2, 0.25) is 0 Å². The molecule has 2 aliphatic rings. The molecule has 2 saturated heterocycles. The summed E-state index contributed by atoms with van der Waals surface area (Å²) in [7, 11) is 1.63. The molecule has 1 aromatic heterocycles. The number of hydrogen-bond acceptors (Lipinski definition) is 6. The highest BCUT2D eigenvalue weighted by atomic mass is 16.5. The third kappa shape index (κ3) is 4.35. The summed E-state index contributed by atoms with van der Waals surface area (Å²) in [6.45, 7) is 2.92. The van der Waals surface area contributed by atoms with Crippen LogP contribution in [-0.2, 0) is 16.0 Å². The first-order valence-electron chi connectivity index (χ1n) is 10.0. The molecule has 2 fully saturated rings. The summed E-state index contributed by atoms with van der Waals surface area (Å²) >= 11 is 0. The molecule has 1 aromatic carbocycles. The Morgan fingerprint density at radius 1 is 1.25 bits per heavy atom. The SMILES string of the molecule is COc1cccc(CC(=O)N2CCCC(c3nc(C4CCOCC4)no3)C2)c1. The normalized spacial score (nSPS) is 20.9. The number of piperidine rings is 1. The van der Waals surface area contributed by atoms with Crippen molar-refractivity contribution in [3.8, 4) is 5.75 Å². The molecule has 1 amide bonds. The molecule has 7 heteroatoms. The lowest BCUT2D eigenvalue weighted by atomic mass is 9.96. The van der Waals surface area contributed by atoms with Crippen LogP contribution < -0.4 is 4.74 Å². The second kappa shape index (κ2) is 8.73. The van der Waals surface area contributed by atoms with Gasteiger partial charge in [0.05, 0.1) is 19.4 Å². The number of hydrogen-bond donors (Lipinski definition) is 0. The molecule has 0 saturated carbocycles. The first kappa shape index (κ1) is 18.9. The Bertz CT molecular complexity index is 800. The number of amides is 1. The van der Waals surface area contributed by atoms with Gasteiger partial charge in [-0.3, -0.25) is 4.79 Å². The lowest BCUT2D eigenvalue weighted by molar-refractivity contribution is -0.131. The fourth-order valence-corrected chi connectivity index (χ4v) is 4.01. The number of rotatable bonds is 5. The lowest BCUT2D eigenvalue weighted by Gasteiger charge is -2.31. The van der Waals surface area contributed by atoms with Crippen molar-refractivity contribution >= 4 is 5.91 Å². The molecule has 2 aromatic rings. The van der Waals surface area contributed by atoms with Crippen LogP contribution in [-0.4, -0.2) is 54.4 Å². The lowest BCUT2D eigenvalue weighted by Crippen LogP contribution is -2.40. The Morgan fingerprint density at radius 2 is 2.11 bits per heavy atom. The van der Waals surface area contributed by atoms with Crippen LogP contribution in [0.4, 0.5) is 0 Å². The molecule has 28 heavy (non-hydrogen) atoms. The standard InChI is InChI=1S/C21H27N3O4/c1-26-18-6-2-4-15(12-18)13-19(25)24-9-3-5-17(14-24)21-22-20(23-28-21)16-7-10-27-11-8-16/h2,4,6,12,16-17H,3,5,7-11,13-14H2,1H3. The van der Waals surface area contributed by atoms with Gasteiger partial charge in [-0.15, -0.1) is 0 Å². The quantitative estimate of drug-likeness (QED) is 0.788. The molecular weight excluding hydrogens is 358 g/mol. The van der Waals surface area contributed by atoms with Crippen LogP contribution in [0.3, 0.4) is 0 Å². The van der Waals surface area contributed by atoms with Crippen molar-refractivity contribution < 1.29 is 18.8 Å². The Balaban J connectivity index is 1.38. The van der Waals surface area contributed by atoms with E-state index >= 15 is 0 Å². The van der Waals surface area contributed by atoms with Crippen LogP contribution in [0.15, 0.2) is 28.8 Å². The topological polar surface area (TPSA) is 77.7 Å².